The lowest BCUT2D eigenvalue weighted by atomic mass is 9.88. The fraction of sp³-hybridized carbons (Fsp3) is 0.667. The number of nitrogens with zero attached hydrogens (tertiary/aromatic N) is 2. The van der Waals surface area contributed by atoms with Gasteiger partial charge in [-0.25, -0.2) is 4.79 Å². The minimum Gasteiger partial charge on any atom is -0.394 e. The highest BCUT2D eigenvalue weighted by atomic mass is 35.5. The lowest BCUT2D eigenvalue weighted by Crippen LogP contribution is -2.46. The van der Waals surface area contributed by atoms with Gasteiger partial charge in [0.1, 0.15) is 0 Å². The van der Waals surface area contributed by atoms with Crippen molar-refractivity contribution in [2.45, 2.75) is 38.3 Å². The van der Waals surface area contributed by atoms with Gasteiger partial charge < -0.3 is 20.1 Å². The van der Waals surface area contributed by atoms with Crippen LogP contribution in [0.25, 0.3) is 0 Å². The van der Waals surface area contributed by atoms with Gasteiger partial charge >= 0.3 is 6.03 Å². The highest BCUT2D eigenvalue weighted by Crippen LogP contribution is 2.35. The first kappa shape index (κ1) is 21.4. The number of urea groups is 1. The third-order valence-electron chi connectivity index (χ3n) is 6.28. The molecule has 2 aliphatic rings. The van der Waals surface area contributed by atoms with Crippen LogP contribution < -0.4 is 5.32 Å². The van der Waals surface area contributed by atoms with Gasteiger partial charge in [-0.1, -0.05) is 31.0 Å². The van der Waals surface area contributed by atoms with E-state index in [0.29, 0.717) is 29.2 Å². The maximum atomic E-state index is 12.9. The predicted octanol–water partition coefficient (Wildman–Crippen LogP) is 3.30. The van der Waals surface area contributed by atoms with Crippen LogP contribution in [0.3, 0.4) is 0 Å². The van der Waals surface area contributed by atoms with E-state index < -0.39 is 0 Å². The van der Waals surface area contributed by atoms with E-state index in [4.69, 9.17) is 16.3 Å². The number of aliphatic hydroxyl groups is 1. The number of benzene rings is 1. The van der Waals surface area contributed by atoms with E-state index in [1.54, 1.807) is 24.1 Å². The van der Waals surface area contributed by atoms with Gasteiger partial charge in [-0.05, 0) is 49.4 Å². The van der Waals surface area contributed by atoms with Crippen LogP contribution in [0, 0.1) is 11.8 Å². The Morgan fingerprint density at radius 3 is 2.93 bits per heavy atom. The van der Waals surface area contributed by atoms with Gasteiger partial charge in [0.15, 0.2) is 0 Å². The molecule has 6 nitrogen and oxygen atoms in total. The maximum absolute atomic E-state index is 12.9. The largest absolute Gasteiger partial charge is 0.394 e. The fourth-order valence-electron chi connectivity index (χ4n) is 4.79. The lowest BCUT2D eigenvalue weighted by Gasteiger charge is -2.32. The number of aliphatic hydroxyl groups excluding tert-OH is 1. The van der Waals surface area contributed by atoms with Gasteiger partial charge in [-0.2, -0.15) is 0 Å². The average Bonchev–Trinajstić information content (AvgIpc) is 3.26. The molecule has 1 aromatic carbocycles. The Balaban J connectivity index is 1.70. The number of hydrogen-bond donors (Lipinski definition) is 2. The van der Waals surface area contributed by atoms with E-state index >= 15 is 0 Å². The summed E-state index contributed by atoms with van der Waals surface area (Å²) < 4.78 is 5.39. The Bertz CT molecular complexity index is 660. The van der Waals surface area contributed by atoms with Gasteiger partial charge in [0.25, 0.3) is 0 Å². The zero-order valence-corrected chi connectivity index (χ0v) is 17.6. The van der Waals surface area contributed by atoms with Crippen LogP contribution in [0.1, 0.15) is 26.2 Å². The van der Waals surface area contributed by atoms with E-state index in [0.717, 1.165) is 32.5 Å². The first-order valence-corrected chi connectivity index (χ1v) is 10.6. The summed E-state index contributed by atoms with van der Waals surface area (Å²) in [7, 11) is 1.75. The first-order valence-electron chi connectivity index (χ1n) is 10.2. The van der Waals surface area contributed by atoms with E-state index in [1.165, 1.54) is 6.42 Å². The van der Waals surface area contributed by atoms with Crippen molar-refractivity contribution in [1.29, 1.82) is 0 Å². The predicted molar refractivity (Wildman–Crippen MR) is 112 cm³/mol. The molecule has 0 aliphatic carbocycles. The molecule has 2 amide bonds. The Hall–Kier alpha value is -1.34. The number of nitrogens with one attached hydrogen (secondary N) is 1. The highest BCUT2D eigenvalue weighted by molar-refractivity contribution is 6.30. The van der Waals surface area contributed by atoms with Crippen molar-refractivity contribution in [3.8, 4) is 0 Å². The molecule has 2 fully saturated rings. The number of rotatable bonds is 7. The number of amides is 2. The summed E-state index contributed by atoms with van der Waals surface area (Å²) in [4.78, 5) is 17.2. The Labute approximate surface area is 172 Å². The van der Waals surface area contributed by atoms with Crippen molar-refractivity contribution < 1.29 is 14.6 Å². The van der Waals surface area contributed by atoms with Crippen molar-refractivity contribution >= 4 is 23.3 Å². The third kappa shape index (κ3) is 4.79. The van der Waals surface area contributed by atoms with Crippen LogP contribution in [0.15, 0.2) is 24.3 Å². The number of likely N-dealkylation sites (tertiary alicyclic amines) is 2. The molecule has 1 aromatic rings. The molecule has 7 heteroatoms. The lowest BCUT2D eigenvalue weighted by molar-refractivity contribution is 0.0839. The topological polar surface area (TPSA) is 65.0 Å². The van der Waals surface area contributed by atoms with Gasteiger partial charge in [-0.15, -0.1) is 0 Å². The minimum atomic E-state index is -0.173. The number of hydrogen-bond acceptors (Lipinski definition) is 4. The molecule has 156 valence electrons. The van der Waals surface area contributed by atoms with Crippen molar-refractivity contribution in [1.82, 2.24) is 9.80 Å². The zero-order valence-electron chi connectivity index (χ0n) is 16.8. The smallest absolute Gasteiger partial charge is 0.322 e. The van der Waals surface area contributed by atoms with Crippen LogP contribution in [0.2, 0.25) is 5.02 Å². The molecule has 0 spiro atoms. The molecule has 28 heavy (non-hydrogen) atoms. The molecular weight excluding hydrogens is 378 g/mol. The highest BCUT2D eigenvalue weighted by Gasteiger charge is 2.44. The van der Waals surface area contributed by atoms with Crippen LogP contribution in [0.5, 0.6) is 0 Å². The van der Waals surface area contributed by atoms with Crippen LogP contribution in [0.4, 0.5) is 10.5 Å². The van der Waals surface area contributed by atoms with Crippen molar-refractivity contribution in [2.75, 3.05) is 45.3 Å². The normalized spacial score (nSPS) is 28.1. The van der Waals surface area contributed by atoms with E-state index in [1.807, 2.05) is 12.1 Å². The summed E-state index contributed by atoms with van der Waals surface area (Å²) in [5.41, 5.74) is 0.672. The summed E-state index contributed by atoms with van der Waals surface area (Å²) in [5, 5.41) is 13.7. The number of carbonyl (C=O) groups is 1. The second kappa shape index (κ2) is 9.92. The number of anilines is 1. The minimum absolute atomic E-state index is 0.0209. The van der Waals surface area contributed by atoms with E-state index in [9.17, 15) is 9.90 Å². The van der Waals surface area contributed by atoms with Crippen LogP contribution in [-0.2, 0) is 4.74 Å². The third-order valence-corrected chi connectivity index (χ3v) is 6.52. The Kier molecular flexibility index (Phi) is 7.57. The zero-order chi connectivity index (χ0) is 20.1. The molecule has 2 saturated heterocycles. The quantitative estimate of drug-likeness (QED) is 0.725. The molecule has 0 radical (unpaired) electrons. The van der Waals surface area contributed by atoms with Crippen LogP contribution in [-0.4, -0.2) is 73.0 Å². The first-order chi connectivity index (χ1) is 13.6. The summed E-state index contributed by atoms with van der Waals surface area (Å²) in [6.07, 6.45) is 3.32. The molecule has 2 heterocycles. The summed E-state index contributed by atoms with van der Waals surface area (Å²) >= 11 is 6.03. The molecule has 4 atom stereocenters. The second-order valence-electron chi connectivity index (χ2n) is 7.92. The van der Waals surface area contributed by atoms with E-state index in [2.05, 4.69) is 17.1 Å². The fourth-order valence-corrected chi connectivity index (χ4v) is 4.98. The Morgan fingerprint density at radius 1 is 1.43 bits per heavy atom. The molecule has 2 N–H and O–H groups in total. The molecular formula is C21H32ClN3O3. The number of halogens is 1. The molecule has 0 saturated carbocycles. The van der Waals surface area contributed by atoms with Crippen LogP contribution >= 0.6 is 11.6 Å². The maximum Gasteiger partial charge on any atom is 0.322 e. The second-order valence-corrected chi connectivity index (χ2v) is 8.36. The van der Waals surface area contributed by atoms with Gasteiger partial charge in [0.2, 0.25) is 0 Å². The molecule has 0 unspecified atom stereocenters. The average molecular weight is 410 g/mol. The monoisotopic (exact) mass is 409 g/mol. The molecule has 3 rings (SSSR count). The van der Waals surface area contributed by atoms with Crippen molar-refractivity contribution in [3.63, 3.8) is 0 Å². The molecule has 2 aliphatic heterocycles. The van der Waals surface area contributed by atoms with Gasteiger partial charge in [-0.3, -0.25) is 4.90 Å². The molecule has 0 bridgehead atoms. The number of ether oxygens (including phenoxy) is 1. The molecule has 0 aromatic heterocycles. The van der Waals surface area contributed by atoms with Gasteiger partial charge in [0.05, 0.1) is 19.3 Å². The van der Waals surface area contributed by atoms with E-state index in [-0.39, 0.29) is 24.6 Å². The Morgan fingerprint density at radius 2 is 2.25 bits per heavy atom. The standard InChI is InChI=1S/C21H32ClN3O3/c1-3-15-11-25(21(27)23-17-7-4-6-16(22)10-17)20(13-26)19(15)12-24-9-5-8-18(24)14-28-2/h4,6-7,10,15,18-20,26H,3,5,8-9,11-14H2,1-2H3,(H,23,27)/t15-,18-,19-,20-/m1/s1. The van der Waals surface area contributed by atoms with Crippen molar-refractivity contribution in [2.24, 2.45) is 11.8 Å². The summed E-state index contributed by atoms with van der Waals surface area (Å²) in [5.74, 6) is 0.642. The summed E-state index contributed by atoms with van der Waals surface area (Å²) in [6.45, 7) is 5.52. The SMILES string of the molecule is CC[C@@H]1CN(C(=O)Nc2cccc(Cl)c2)[C@H](CO)[C@@H]1CN1CCC[C@@H]1COC. The van der Waals surface area contributed by atoms with Crippen molar-refractivity contribution in [3.05, 3.63) is 29.3 Å². The number of carbonyl (C=O) groups excluding carboxylic acids is 1. The summed E-state index contributed by atoms with van der Waals surface area (Å²) in [6, 6.07) is 7.24. The van der Waals surface area contributed by atoms with Gasteiger partial charge in [0, 0.05) is 37.0 Å². The number of methoxy groups -OCH3 is 1.